The predicted molar refractivity (Wildman–Crippen MR) is 125 cm³/mol. The largest absolute Gasteiger partial charge is 0.383 e. The molecule has 0 aromatic carbocycles. The molecule has 10 heteroatoms. The molecule has 0 bridgehead atoms. The van der Waals surface area contributed by atoms with Crippen LogP contribution in [0.1, 0.15) is 25.7 Å². The molecule has 1 saturated carbocycles. The van der Waals surface area contributed by atoms with E-state index >= 15 is 0 Å². The number of amides is 2. The molecule has 1 aliphatic heterocycles. The van der Waals surface area contributed by atoms with Crippen molar-refractivity contribution in [3.8, 4) is 0 Å². The molecule has 2 aliphatic rings. The number of methoxy groups -OCH3 is 1. The molecule has 0 radical (unpaired) electrons. The number of carbonyl (C=O) groups is 2. The van der Waals surface area contributed by atoms with Crippen molar-refractivity contribution in [2.75, 3.05) is 73.6 Å². The fraction of sp³-hybridized carbons (Fsp3) is 0.842. The molecule has 2 fully saturated rings. The summed E-state index contributed by atoms with van der Waals surface area (Å²) in [5, 5.41) is 6.42. The molecule has 29 heavy (non-hydrogen) atoms. The Morgan fingerprint density at radius 2 is 1.79 bits per heavy atom. The van der Waals surface area contributed by atoms with E-state index in [1.807, 2.05) is 0 Å². The van der Waals surface area contributed by atoms with E-state index in [0.717, 1.165) is 45.0 Å². The van der Waals surface area contributed by atoms with Crippen LogP contribution < -0.4 is 10.6 Å². The molecule has 1 heterocycles. The summed E-state index contributed by atoms with van der Waals surface area (Å²) in [6.07, 6.45) is 4.80. The van der Waals surface area contributed by atoms with Crippen LogP contribution in [0, 0.1) is 0 Å². The number of likely N-dealkylation sites (N-methyl/N-ethyl adjacent to an activating group) is 1. The van der Waals surface area contributed by atoms with Crippen molar-refractivity contribution >= 4 is 41.8 Å². The van der Waals surface area contributed by atoms with E-state index in [-0.39, 0.29) is 42.3 Å². The minimum absolute atomic E-state index is 0. The fourth-order valence-electron chi connectivity index (χ4n) is 3.44. The maximum atomic E-state index is 12.0. The summed E-state index contributed by atoms with van der Waals surface area (Å²) >= 11 is 0. The van der Waals surface area contributed by atoms with E-state index in [4.69, 9.17) is 4.74 Å². The number of halogens is 1. The van der Waals surface area contributed by atoms with E-state index < -0.39 is 0 Å². The van der Waals surface area contributed by atoms with E-state index in [1.165, 1.54) is 12.8 Å². The molecule has 0 aromatic rings. The van der Waals surface area contributed by atoms with Crippen molar-refractivity contribution in [1.82, 2.24) is 25.3 Å². The first-order chi connectivity index (χ1) is 13.5. The highest BCUT2D eigenvalue weighted by atomic mass is 127. The van der Waals surface area contributed by atoms with E-state index in [1.54, 1.807) is 26.1 Å². The summed E-state index contributed by atoms with van der Waals surface area (Å²) in [6, 6.07) is 0.442. The highest BCUT2D eigenvalue weighted by Gasteiger charge is 2.24. The number of hydrogen-bond donors (Lipinski definition) is 2. The summed E-state index contributed by atoms with van der Waals surface area (Å²) in [7, 11) is 5.12. The molecule has 2 rings (SSSR count). The molecule has 0 atom stereocenters. The first-order valence-electron chi connectivity index (χ1n) is 10.2. The molecular weight excluding hydrogens is 487 g/mol. The minimum Gasteiger partial charge on any atom is -0.383 e. The Kier molecular flexibility index (Phi) is 12.5. The lowest BCUT2D eigenvalue weighted by molar-refractivity contribution is -0.127. The molecule has 0 spiro atoms. The molecule has 2 amide bonds. The van der Waals surface area contributed by atoms with Gasteiger partial charge in [0.05, 0.1) is 13.2 Å². The molecule has 0 aromatic heterocycles. The van der Waals surface area contributed by atoms with Gasteiger partial charge in [0.25, 0.3) is 0 Å². The Bertz CT molecular complexity index is 532. The Labute approximate surface area is 191 Å². The van der Waals surface area contributed by atoms with Gasteiger partial charge in [0.15, 0.2) is 5.96 Å². The topological polar surface area (TPSA) is 89.5 Å². The number of rotatable bonds is 8. The number of carbonyl (C=O) groups excluding carboxylic acids is 2. The van der Waals surface area contributed by atoms with E-state index in [9.17, 15) is 9.59 Å². The molecule has 0 unspecified atom stereocenters. The van der Waals surface area contributed by atoms with Crippen molar-refractivity contribution in [1.29, 1.82) is 0 Å². The SMILES string of the molecule is COCCNC(=O)CN1CCN(C(=NCC(=O)N(C)C)NC2CCCC2)CC1.I. The highest BCUT2D eigenvalue weighted by Crippen LogP contribution is 2.18. The molecule has 168 valence electrons. The quantitative estimate of drug-likeness (QED) is 0.201. The molecular formula is C19H37IN6O3. The van der Waals surface area contributed by atoms with Gasteiger partial charge in [-0.3, -0.25) is 14.5 Å². The lowest BCUT2D eigenvalue weighted by Gasteiger charge is -2.37. The van der Waals surface area contributed by atoms with Gasteiger partial charge in [0, 0.05) is 60.0 Å². The third-order valence-electron chi connectivity index (χ3n) is 5.22. The zero-order valence-electron chi connectivity index (χ0n) is 18.0. The van der Waals surface area contributed by atoms with Crippen LogP contribution >= 0.6 is 24.0 Å². The molecule has 1 aliphatic carbocycles. The first kappa shape index (κ1) is 25.9. The molecule has 9 nitrogen and oxygen atoms in total. The van der Waals surface area contributed by atoms with E-state index in [2.05, 4.69) is 25.4 Å². The third-order valence-corrected chi connectivity index (χ3v) is 5.22. The summed E-state index contributed by atoms with van der Waals surface area (Å²) in [5.41, 5.74) is 0. The van der Waals surface area contributed by atoms with Crippen LogP contribution in [0.15, 0.2) is 4.99 Å². The molecule has 2 N–H and O–H groups in total. The fourth-order valence-corrected chi connectivity index (χ4v) is 3.44. The van der Waals surface area contributed by atoms with Crippen molar-refractivity contribution in [3.63, 3.8) is 0 Å². The second-order valence-electron chi connectivity index (χ2n) is 7.66. The lowest BCUT2D eigenvalue weighted by atomic mass is 10.2. The Balaban J connectivity index is 0.00000420. The zero-order valence-corrected chi connectivity index (χ0v) is 20.3. The van der Waals surface area contributed by atoms with Crippen LogP contribution in [0.3, 0.4) is 0 Å². The van der Waals surface area contributed by atoms with Crippen molar-refractivity contribution in [2.45, 2.75) is 31.7 Å². The van der Waals surface area contributed by atoms with Gasteiger partial charge in [-0.25, -0.2) is 4.99 Å². The first-order valence-corrected chi connectivity index (χ1v) is 10.2. The summed E-state index contributed by atoms with van der Waals surface area (Å²) in [6.45, 7) is 4.80. The van der Waals surface area contributed by atoms with Crippen LogP contribution in [0.5, 0.6) is 0 Å². The third kappa shape index (κ3) is 9.47. The number of hydrogen-bond acceptors (Lipinski definition) is 5. The second kappa shape index (κ2) is 14.0. The summed E-state index contributed by atoms with van der Waals surface area (Å²) in [5.74, 6) is 0.850. The number of nitrogens with zero attached hydrogens (tertiary/aromatic N) is 4. The normalized spacial score (nSPS) is 18.3. The van der Waals surface area contributed by atoms with Crippen molar-refractivity contribution in [2.24, 2.45) is 4.99 Å². The predicted octanol–water partition coefficient (Wildman–Crippen LogP) is -0.0390. The van der Waals surface area contributed by atoms with Crippen molar-refractivity contribution in [3.05, 3.63) is 0 Å². The van der Waals surface area contributed by atoms with Gasteiger partial charge in [-0.05, 0) is 12.8 Å². The number of piperazine rings is 1. The Hall–Kier alpha value is -1.14. The number of aliphatic imine (C=N–C) groups is 1. The van der Waals surface area contributed by atoms with E-state index in [0.29, 0.717) is 25.7 Å². The van der Waals surface area contributed by atoms with Crippen LogP contribution in [-0.4, -0.2) is 112 Å². The van der Waals surface area contributed by atoms with Gasteiger partial charge in [-0.15, -0.1) is 24.0 Å². The Morgan fingerprint density at radius 3 is 2.38 bits per heavy atom. The monoisotopic (exact) mass is 524 g/mol. The standard InChI is InChI=1S/C19H36N6O3.HI/c1-23(2)18(27)14-21-19(22-16-6-4-5-7-16)25-11-9-24(10-12-25)15-17(26)20-8-13-28-3;/h16H,4-15H2,1-3H3,(H,20,26)(H,21,22);1H. The highest BCUT2D eigenvalue weighted by molar-refractivity contribution is 14.0. The van der Waals surface area contributed by atoms with Crippen LogP contribution in [0.2, 0.25) is 0 Å². The van der Waals surface area contributed by atoms with Crippen LogP contribution in [0.4, 0.5) is 0 Å². The van der Waals surface area contributed by atoms with Gasteiger partial charge in [0.2, 0.25) is 11.8 Å². The lowest BCUT2D eigenvalue weighted by Crippen LogP contribution is -2.55. The van der Waals surface area contributed by atoms with Gasteiger partial charge in [-0.2, -0.15) is 0 Å². The summed E-state index contributed by atoms with van der Waals surface area (Å²) < 4.78 is 4.95. The summed E-state index contributed by atoms with van der Waals surface area (Å²) in [4.78, 5) is 34.5. The second-order valence-corrected chi connectivity index (χ2v) is 7.66. The smallest absolute Gasteiger partial charge is 0.243 e. The average Bonchev–Trinajstić information content (AvgIpc) is 3.19. The van der Waals surface area contributed by atoms with Gasteiger partial charge in [0.1, 0.15) is 6.54 Å². The van der Waals surface area contributed by atoms with Gasteiger partial charge >= 0.3 is 0 Å². The Morgan fingerprint density at radius 1 is 1.14 bits per heavy atom. The van der Waals surface area contributed by atoms with Gasteiger partial charge < -0.3 is 25.2 Å². The van der Waals surface area contributed by atoms with Gasteiger partial charge in [-0.1, -0.05) is 12.8 Å². The maximum Gasteiger partial charge on any atom is 0.243 e. The van der Waals surface area contributed by atoms with Crippen LogP contribution in [-0.2, 0) is 14.3 Å². The number of ether oxygens (including phenoxy) is 1. The number of guanidine groups is 1. The number of nitrogens with one attached hydrogen (secondary N) is 2. The van der Waals surface area contributed by atoms with Crippen LogP contribution in [0.25, 0.3) is 0 Å². The average molecular weight is 524 g/mol. The molecule has 1 saturated heterocycles. The minimum atomic E-state index is -0.00270. The van der Waals surface area contributed by atoms with Crippen molar-refractivity contribution < 1.29 is 14.3 Å². The maximum absolute atomic E-state index is 12.0. The zero-order chi connectivity index (χ0) is 20.4.